The van der Waals surface area contributed by atoms with Gasteiger partial charge in [-0.15, -0.1) is 0 Å². The molecule has 86 valence electrons. The van der Waals surface area contributed by atoms with E-state index in [1.807, 2.05) is 38.1 Å². The van der Waals surface area contributed by atoms with Crippen molar-refractivity contribution in [2.24, 2.45) is 0 Å². The van der Waals surface area contributed by atoms with Crippen LogP contribution in [0.2, 0.25) is 0 Å². The van der Waals surface area contributed by atoms with Crippen LogP contribution >= 0.6 is 0 Å². The molecule has 0 aliphatic rings. The molecular weight excluding hydrogens is 200 g/mol. The summed E-state index contributed by atoms with van der Waals surface area (Å²) in [5, 5.41) is 12.5. The SMILES string of the molecule is CCC(C#N)(CC)Nc1cccc(OC)c1. The van der Waals surface area contributed by atoms with Gasteiger partial charge in [0.05, 0.1) is 13.2 Å². The molecule has 1 aromatic rings. The van der Waals surface area contributed by atoms with Crippen LogP contribution in [-0.2, 0) is 0 Å². The van der Waals surface area contributed by atoms with Gasteiger partial charge in [0.25, 0.3) is 0 Å². The summed E-state index contributed by atoms with van der Waals surface area (Å²) >= 11 is 0. The van der Waals surface area contributed by atoms with Gasteiger partial charge < -0.3 is 10.1 Å². The zero-order chi connectivity index (χ0) is 12.0. The van der Waals surface area contributed by atoms with Gasteiger partial charge in [0.2, 0.25) is 0 Å². The normalized spacial score (nSPS) is 10.6. The fourth-order valence-electron chi connectivity index (χ4n) is 1.59. The van der Waals surface area contributed by atoms with Crippen molar-refractivity contribution in [2.75, 3.05) is 12.4 Å². The van der Waals surface area contributed by atoms with Gasteiger partial charge in [-0.2, -0.15) is 5.26 Å². The fraction of sp³-hybridized carbons (Fsp3) is 0.462. The Bertz CT molecular complexity index is 378. The number of hydrogen-bond donors (Lipinski definition) is 1. The molecule has 1 N–H and O–H groups in total. The second-order valence-corrected chi connectivity index (χ2v) is 3.76. The number of nitrogens with zero attached hydrogens (tertiary/aromatic N) is 1. The van der Waals surface area contributed by atoms with Crippen LogP contribution in [0, 0.1) is 11.3 Å². The number of hydrogen-bond acceptors (Lipinski definition) is 3. The van der Waals surface area contributed by atoms with Crippen LogP contribution in [0.25, 0.3) is 0 Å². The Morgan fingerprint density at radius 3 is 2.56 bits per heavy atom. The lowest BCUT2D eigenvalue weighted by molar-refractivity contribution is 0.415. The Balaban J connectivity index is 2.90. The van der Waals surface area contributed by atoms with Gasteiger partial charge in [0.15, 0.2) is 0 Å². The van der Waals surface area contributed by atoms with E-state index in [2.05, 4.69) is 11.4 Å². The molecule has 3 nitrogen and oxygen atoms in total. The highest BCUT2D eigenvalue weighted by Gasteiger charge is 2.25. The molecular formula is C13H18N2O. The lowest BCUT2D eigenvalue weighted by Gasteiger charge is -2.26. The summed E-state index contributed by atoms with van der Waals surface area (Å²) in [6.45, 7) is 4.03. The van der Waals surface area contributed by atoms with Crippen LogP contribution in [0.4, 0.5) is 5.69 Å². The lowest BCUT2D eigenvalue weighted by Crippen LogP contribution is -2.34. The van der Waals surface area contributed by atoms with E-state index < -0.39 is 5.54 Å². The van der Waals surface area contributed by atoms with Gasteiger partial charge in [0.1, 0.15) is 11.3 Å². The van der Waals surface area contributed by atoms with E-state index in [0.29, 0.717) is 0 Å². The van der Waals surface area contributed by atoms with Crippen molar-refractivity contribution in [1.29, 1.82) is 5.26 Å². The second-order valence-electron chi connectivity index (χ2n) is 3.76. The van der Waals surface area contributed by atoms with Crippen molar-refractivity contribution in [3.05, 3.63) is 24.3 Å². The maximum atomic E-state index is 9.22. The van der Waals surface area contributed by atoms with Gasteiger partial charge in [-0.25, -0.2) is 0 Å². The van der Waals surface area contributed by atoms with E-state index >= 15 is 0 Å². The van der Waals surface area contributed by atoms with Crippen LogP contribution in [0.3, 0.4) is 0 Å². The first-order valence-corrected chi connectivity index (χ1v) is 5.53. The van der Waals surface area contributed by atoms with Crippen molar-refractivity contribution in [2.45, 2.75) is 32.2 Å². The molecule has 0 bridgehead atoms. The molecule has 16 heavy (non-hydrogen) atoms. The molecule has 0 atom stereocenters. The fourth-order valence-corrected chi connectivity index (χ4v) is 1.59. The molecule has 1 aromatic carbocycles. The molecule has 0 heterocycles. The molecule has 0 aliphatic heterocycles. The molecule has 0 aromatic heterocycles. The number of methoxy groups -OCH3 is 1. The minimum Gasteiger partial charge on any atom is -0.497 e. The molecule has 0 radical (unpaired) electrons. The smallest absolute Gasteiger partial charge is 0.124 e. The Labute approximate surface area is 97.0 Å². The minimum absolute atomic E-state index is 0.480. The molecule has 3 heteroatoms. The topological polar surface area (TPSA) is 45.0 Å². The van der Waals surface area contributed by atoms with Crippen LogP contribution in [0.5, 0.6) is 5.75 Å². The molecule has 1 rings (SSSR count). The van der Waals surface area contributed by atoms with Crippen molar-refractivity contribution in [3.8, 4) is 11.8 Å². The molecule has 0 aliphatic carbocycles. The summed E-state index contributed by atoms with van der Waals surface area (Å²) in [4.78, 5) is 0. The van der Waals surface area contributed by atoms with E-state index in [4.69, 9.17) is 4.74 Å². The first kappa shape index (κ1) is 12.4. The summed E-state index contributed by atoms with van der Waals surface area (Å²) < 4.78 is 5.15. The number of nitriles is 1. The van der Waals surface area contributed by atoms with Crippen LogP contribution in [0.15, 0.2) is 24.3 Å². The van der Waals surface area contributed by atoms with Gasteiger partial charge in [-0.1, -0.05) is 19.9 Å². The average molecular weight is 218 g/mol. The van der Waals surface area contributed by atoms with Crippen LogP contribution in [-0.4, -0.2) is 12.6 Å². The van der Waals surface area contributed by atoms with E-state index in [9.17, 15) is 5.26 Å². The van der Waals surface area contributed by atoms with Crippen molar-refractivity contribution in [3.63, 3.8) is 0 Å². The average Bonchev–Trinajstić information content (AvgIpc) is 2.36. The Morgan fingerprint density at radius 1 is 1.38 bits per heavy atom. The highest BCUT2D eigenvalue weighted by atomic mass is 16.5. The largest absolute Gasteiger partial charge is 0.497 e. The monoisotopic (exact) mass is 218 g/mol. The Hall–Kier alpha value is -1.69. The molecule has 0 amide bonds. The summed E-state index contributed by atoms with van der Waals surface area (Å²) in [7, 11) is 1.64. The maximum Gasteiger partial charge on any atom is 0.124 e. The third kappa shape index (κ3) is 2.66. The van der Waals surface area contributed by atoms with Crippen molar-refractivity contribution in [1.82, 2.24) is 0 Å². The van der Waals surface area contributed by atoms with Crippen molar-refractivity contribution >= 4 is 5.69 Å². The van der Waals surface area contributed by atoms with Crippen LogP contribution in [0.1, 0.15) is 26.7 Å². The predicted molar refractivity (Wildman–Crippen MR) is 65.5 cm³/mol. The Kier molecular flexibility index (Phi) is 4.19. The van der Waals surface area contributed by atoms with Gasteiger partial charge in [0, 0.05) is 11.8 Å². The van der Waals surface area contributed by atoms with Crippen LogP contribution < -0.4 is 10.1 Å². The number of nitrogens with one attached hydrogen (secondary N) is 1. The third-order valence-electron chi connectivity index (χ3n) is 2.87. The molecule has 0 saturated heterocycles. The second kappa shape index (κ2) is 5.41. The predicted octanol–water partition coefficient (Wildman–Crippen LogP) is 3.19. The number of anilines is 1. The Morgan fingerprint density at radius 2 is 2.06 bits per heavy atom. The first-order chi connectivity index (χ1) is 7.69. The molecule has 0 saturated carbocycles. The van der Waals surface area contributed by atoms with E-state index in [0.717, 1.165) is 24.3 Å². The highest BCUT2D eigenvalue weighted by molar-refractivity contribution is 5.51. The standard InChI is InChI=1S/C13H18N2O/c1-4-13(5-2,10-14)15-11-7-6-8-12(9-11)16-3/h6-9,15H,4-5H2,1-3H3. The van der Waals surface area contributed by atoms with E-state index in [1.54, 1.807) is 7.11 Å². The first-order valence-electron chi connectivity index (χ1n) is 5.53. The zero-order valence-corrected chi connectivity index (χ0v) is 10.1. The van der Waals surface area contributed by atoms with Gasteiger partial charge in [-0.05, 0) is 25.0 Å². The van der Waals surface area contributed by atoms with E-state index in [-0.39, 0.29) is 0 Å². The summed E-state index contributed by atoms with van der Waals surface area (Å²) in [6.07, 6.45) is 1.55. The summed E-state index contributed by atoms with van der Waals surface area (Å²) in [6, 6.07) is 9.99. The molecule has 0 unspecified atom stereocenters. The lowest BCUT2D eigenvalue weighted by atomic mass is 9.94. The summed E-state index contributed by atoms with van der Waals surface area (Å²) in [5.41, 5.74) is 0.441. The highest BCUT2D eigenvalue weighted by Crippen LogP contribution is 2.24. The quantitative estimate of drug-likeness (QED) is 0.825. The molecule has 0 fully saturated rings. The third-order valence-corrected chi connectivity index (χ3v) is 2.87. The van der Waals surface area contributed by atoms with Crippen molar-refractivity contribution < 1.29 is 4.74 Å². The zero-order valence-electron chi connectivity index (χ0n) is 10.1. The van der Waals surface area contributed by atoms with E-state index in [1.165, 1.54) is 0 Å². The number of ether oxygens (including phenoxy) is 1. The number of rotatable bonds is 5. The minimum atomic E-state index is -0.480. The maximum absolute atomic E-state index is 9.22. The van der Waals surface area contributed by atoms with Gasteiger partial charge >= 0.3 is 0 Å². The molecule has 0 spiro atoms. The van der Waals surface area contributed by atoms with Gasteiger partial charge in [-0.3, -0.25) is 0 Å². The summed E-state index contributed by atoms with van der Waals surface area (Å²) in [5.74, 6) is 0.795. The number of benzene rings is 1.